The van der Waals surface area contributed by atoms with Crippen molar-refractivity contribution in [2.24, 2.45) is 0 Å². The molecular formula is C26H46N2Na2O6. The van der Waals surface area contributed by atoms with Gasteiger partial charge in [0, 0.05) is 32.6 Å². The summed E-state index contributed by atoms with van der Waals surface area (Å²) in [6.07, 6.45) is 19.9. The number of rotatable bonds is 24. The number of carboxylic acid groups (broad SMARTS) is 2. The molecule has 0 spiro atoms. The summed E-state index contributed by atoms with van der Waals surface area (Å²) in [7, 11) is 0. The van der Waals surface area contributed by atoms with Gasteiger partial charge in [0.15, 0.2) is 0 Å². The van der Waals surface area contributed by atoms with Crippen LogP contribution in [0.1, 0.15) is 96.8 Å². The molecule has 198 valence electrons. The molecule has 0 unspecified atom stereocenters. The van der Waals surface area contributed by atoms with Gasteiger partial charge in [-0.3, -0.25) is 9.69 Å². The van der Waals surface area contributed by atoms with Gasteiger partial charge < -0.3 is 29.8 Å². The van der Waals surface area contributed by atoms with Gasteiger partial charge in [0.2, 0.25) is 5.91 Å². The number of carbonyl (C=O) groups is 3. The summed E-state index contributed by atoms with van der Waals surface area (Å²) in [6.45, 7) is 1.39. The van der Waals surface area contributed by atoms with Crippen LogP contribution in [0.2, 0.25) is 0 Å². The van der Waals surface area contributed by atoms with E-state index in [1.54, 1.807) is 0 Å². The van der Waals surface area contributed by atoms with Crippen molar-refractivity contribution in [1.29, 1.82) is 0 Å². The molecule has 8 nitrogen and oxygen atoms in total. The molecule has 36 heavy (non-hydrogen) atoms. The molecule has 1 N–H and O–H groups in total. The molecule has 0 aromatic rings. The smallest absolute Gasteiger partial charge is 0.549 e. The molecule has 0 aliphatic heterocycles. The average Bonchev–Trinajstić information content (AvgIpc) is 2.78. The van der Waals surface area contributed by atoms with Crippen LogP contribution in [-0.4, -0.2) is 72.1 Å². The summed E-state index contributed by atoms with van der Waals surface area (Å²) < 4.78 is 0. The van der Waals surface area contributed by atoms with Crippen molar-refractivity contribution in [3.63, 3.8) is 0 Å². The van der Waals surface area contributed by atoms with Crippen molar-refractivity contribution in [2.75, 3.05) is 39.3 Å². The van der Waals surface area contributed by atoms with E-state index in [0.29, 0.717) is 6.42 Å². The van der Waals surface area contributed by atoms with Crippen molar-refractivity contribution in [3.05, 3.63) is 12.2 Å². The van der Waals surface area contributed by atoms with Gasteiger partial charge >= 0.3 is 59.1 Å². The number of nitrogens with zero attached hydrogens (tertiary/aromatic N) is 2. The normalized spacial score (nSPS) is 10.8. The maximum absolute atomic E-state index is 12.4. The summed E-state index contributed by atoms with van der Waals surface area (Å²) in [5, 5.41) is 30.8. The summed E-state index contributed by atoms with van der Waals surface area (Å²) in [6, 6.07) is 0. The summed E-state index contributed by atoms with van der Waals surface area (Å²) in [5.41, 5.74) is 0. The van der Waals surface area contributed by atoms with Crippen LogP contribution in [0.4, 0.5) is 0 Å². The van der Waals surface area contributed by atoms with Crippen LogP contribution >= 0.6 is 0 Å². The molecule has 0 rings (SSSR count). The third kappa shape index (κ3) is 27.1. The van der Waals surface area contributed by atoms with Crippen LogP contribution in [0.3, 0.4) is 0 Å². The zero-order valence-electron chi connectivity index (χ0n) is 23.2. The van der Waals surface area contributed by atoms with E-state index in [0.717, 1.165) is 32.1 Å². The van der Waals surface area contributed by atoms with Crippen LogP contribution in [0, 0.1) is 0 Å². The summed E-state index contributed by atoms with van der Waals surface area (Å²) in [4.78, 5) is 36.8. The third-order valence-corrected chi connectivity index (χ3v) is 5.78. The number of aliphatic carboxylic acids is 2. The topological polar surface area (TPSA) is 124 Å². The van der Waals surface area contributed by atoms with E-state index >= 15 is 0 Å². The molecule has 0 aromatic carbocycles. The molecule has 0 heterocycles. The second-order valence-corrected chi connectivity index (χ2v) is 8.89. The number of amides is 1. The number of allylic oxidation sites excluding steroid dienone is 2. The Labute approximate surface area is 262 Å². The van der Waals surface area contributed by atoms with Crippen molar-refractivity contribution >= 4 is 17.8 Å². The molecule has 0 saturated carbocycles. The monoisotopic (exact) mass is 528 g/mol. The second-order valence-electron chi connectivity index (χ2n) is 8.89. The van der Waals surface area contributed by atoms with Crippen LogP contribution in [0.5, 0.6) is 0 Å². The Morgan fingerprint density at radius 2 is 1.19 bits per heavy atom. The van der Waals surface area contributed by atoms with Gasteiger partial charge in [-0.15, -0.1) is 0 Å². The first kappa shape index (κ1) is 40.6. The first-order chi connectivity index (χ1) is 16.4. The van der Waals surface area contributed by atoms with E-state index in [1.807, 2.05) is 0 Å². The SMILES string of the molecule is CCCCCCCC/C=C\CCCCCCCC(=O)N(CCN(CCO)CC(=O)[O-])CC(=O)[O-].[Na+].[Na+]. The molecule has 10 heteroatoms. The zero-order chi connectivity index (χ0) is 25.4. The number of aliphatic hydroxyl groups excluding tert-OH is 1. The molecule has 0 bridgehead atoms. The Kier molecular flexibility index (Phi) is 33.4. The number of hydrogen-bond acceptors (Lipinski definition) is 7. The molecule has 1 amide bonds. The quantitative estimate of drug-likeness (QED) is 0.0763. The fourth-order valence-electron chi connectivity index (χ4n) is 3.81. The van der Waals surface area contributed by atoms with Crippen molar-refractivity contribution in [1.82, 2.24) is 9.80 Å². The summed E-state index contributed by atoms with van der Waals surface area (Å²) in [5.74, 6) is -2.93. The third-order valence-electron chi connectivity index (χ3n) is 5.78. The van der Waals surface area contributed by atoms with Crippen LogP contribution < -0.4 is 69.3 Å². The van der Waals surface area contributed by atoms with E-state index in [1.165, 1.54) is 54.7 Å². The molecule has 0 fully saturated rings. The largest absolute Gasteiger partial charge is 1.00 e. The van der Waals surface area contributed by atoms with Crippen molar-refractivity contribution in [3.8, 4) is 0 Å². The van der Waals surface area contributed by atoms with Crippen LogP contribution in [0.25, 0.3) is 0 Å². The minimum atomic E-state index is -1.36. The first-order valence-corrected chi connectivity index (χ1v) is 13.1. The molecule has 0 aliphatic carbocycles. The van der Waals surface area contributed by atoms with E-state index < -0.39 is 18.5 Å². The minimum absolute atomic E-state index is 0. The van der Waals surface area contributed by atoms with Gasteiger partial charge in [0.1, 0.15) is 0 Å². The molecule has 0 aliphatic rings. The predicted octanol–water partition coefficient (Wildman–Crippen LogP) is -4.35. The average molecular weight is 529 g/mol. The molecule has 0 atom stereocenters. The number of carboxylic acids is 2. The van der Waals surface area contributed by atoms with Crippen molar-refractivity contribution < 1.29 is 88.8 Å². The van der Waals surface area contributed by atoms with E-state index in [2.05, 4.69) is 19.1 Å². The second kappa shape index (κ2) is 29.6. The Morgan fingerprint density at radius 1 is 0.694 bits per heavy atom. The van der Waals surface area contributed by atoms with Gasteiger partial charge in [-0.05, 0) is 32.1 Å². The van der Waals surface area contributed by atoms with Gasteiger partial charge in [0.25, 0.3) is 0 Å². The molecule has 0 radical (unpaired) electrons. The number of aliphatic hydroxyl groups is 1. The molecule has 0 aromatic heterocycles. The number of unbranched alkanes of at least 4 members (excludes halogenated alkanes) is 11. The van der Waals surface area contributed by atoms with Gasteiger partial charge in [0.05, 0.1) is 25.1 Å². The van der Waals surface area contributed by atoms with Gasteiger partial charge in [-0.1, -0.05) is 70.4 Å². The molecular weight excluding hydrogens is 482 g/mol. The Hall–Kier alpha value is 0.0700. The summed E-state index contributed by atoms with van der Waals surface area (Å²) >= 11 is 0. The molecule has 0 saturated heterocycles. The van der Waals surface area contributed by atoms with Crippen LogP contribution in [-0.2, 0) is 14.4 Å². The standard InChI is InChI=1S/C26H48N2O6.2Na/c1-2-3-4-5-6-7-8-9-10-11-12-13-14-15-16-17-24(30)28(23-26(33)34)19-18-27(20-21-29)22-25(31)32;;/h9-10,29H,2-8,11-23H2,1H3,(H,31,32)(H,33,34);;/q;2*+1/p-2/b10-9-;;. The van der Waals surface area contributed by atoms with E-state index in [9.17, 15) is 24.6 Å². The minimum Gasteiger partial charge on any atom is -0.549 e. The van der Waals surface area contributed by atoms with Crippen molar-refractivity contribution in [2.45, 2.75) is 96.8 Å². The van der Waals surface area contributed by atoms with Gasteiger partial charge in [-0.25, -0.2) is 0 Å². The first-order valence-electron chi connectivity index (χ1n) is 13.1. The van der Waals surface area contributed by atoms with Gasteiger partial charge in [-0.2, -0.15) is 0 Å². The Morgan fingerprint density at radius 3 is 1.69 bits per heavy atom. The predicted molar refractivity (Wildman–Crippen MR) is 130 cm³/mol. The van der Waals surface area contributed by atoms with E-state index in [-0.39, 0.29) is 104 Å². The van der Waals surface area contributed by atoms with Crippen LogP contribution in [0.15, 0.2) is 12.2 Å². The fraction of sp³-hybridized carbons (Fsp3) is 0.808. The Bertz CT molecular complexity index is 579. The maximum atomic E-state index is 12.4. The zero-order valence-corrected chi connectivity index (χ0v) is 27.2. The number of hydrogen-bond donors (Lipinski definition) is 1. The fourth-order valence-corrected chi connectivity index (χ4v) is 3.81. The number of carbonyl (C=O) groups excluding carboxylic acids is 3. The maximum Gasteiger partial charge on any atom is 1.00 e. The Balaban J connectivity index is -0.00000544. The van der Waals surface area contributed by atoms with E-state index in [4.69, 9.17) is 5.11 Å².